The van der Waals surface area contributed by atoms with Crippen molar-refractivity contribution >= 4 is 17.3 Å². The average molecular weight is 516 g/mol. The number of aromatic nitrogens is 1. The largest absolute Gasteiger partial charge is 0.423 e. The van der Waals surface area contributed by atoms with Gasteiger partial charge in [-0.3, -0.25) is 0 Å². The SMILES string of the molecule is O=C(Oc1ccc(C2CCCCC2)cc1)c1cccc(-c2nc(-c3ccccc3)c(-c3ccccc3)s2)c1. The zero-order valence-corrected chi connectivity index (χ0v) is 22.0. The molecule has 38 heavy (non-hydrogen) atoms. The molecule has 1 aliphatic carbocycles. The van der Waals surface area contributed by atoms with Crippen molar-refractivity contribution in [3.63, 3.8) is 0 Å². The van der Waals surface area contributed by atoms with E-state index in [0.717, 1.165) is 32.3 Å². The summed E-state index contributed by atoms with van der Waals surface area (Å²) in [5.41, 5.74) is 5.90. The van der Waals surface area contributed by atoms with Crippen molar-refractivity contribution in [2.24, 2.45) is 0 Å². The van der Waals surface area contributed by atoms with Crippen molar-refractivity contribution in [2.75, 3.05) is 0 Å². The summed E-state index contributed by atoms with van der Waals surface area (Å²) in [7, 11) is 0. The molecule has 0 spiro atoms. The number of esters is 1. The third-order valence-corrected chi connectivity index (χ3v) is 8.38. The monoisotopic (exact) mass is 515 g/mol. The molecule has 0 atom stereocenters. The van der Waals surface area contributed by atoms with Crippen LogP contribution in [0.2, 0.25) is 0 Å². The fraction of sp³-hybridized carbons (Fsp3) is 0.176. The van der Waals surface area contributed by atoms with Gasteiger partial charge in [-0.1, -0.05) is 104 Å². The lowest BCUT2D eigenvalue weighted by Crippen LogP contribution is -2.09. The van der Waals surface area contributed by atoms with E-state index in [0.29, 0.717) is 17.2 Å². The fourth-order valence-corrected chi connectivity index (χ4v) is 6.30. The second-order valence-electron chi connectivity index (χ2n) is 9.80. The van der Waals surface area contributed by atoms with E-state index in [1.54, 1.807) is 17.4 Å². The number of ether oxygens (including phenoxy) is 1. The van der Waals surface area contributed by atoms with Gasteiger partial charge in [-0.15, -0.1) is 11.3 Å². The smallest absolute Gasteiger partial charge is 0.343 e. The Balaban J connectivity index is 1.25. The van der Waals surface area contributed by atoms with Crippen LogP contribution < -0.4 is 4.74 Å². The zero-order valence-electron chi connectivity index (χ0n) is 21.2. The van der Waals surface area contributed by atoms with Crippen LogP contribution in [0, 0.1) is 0 Å². The summed E-state index contributed by atoms with van der Waals surface area (Å²) in [4.78, 5) is 19.2. The number of benzene rings is 4. The van der Waals surface area contributed by atoms with Gasteiger partial charge in [0.2, 0.25) is 0 Å². The highest BCUT2D eigenvalue weighted by Gasteiger charge is 2.18. The number of hydrogen-bond acceptors (Lipinski definition) is 4. The van der Waals surface area contributed by atoms with Crippen LogP contribution in [0.3, 0.4) is 0 Å². The van der Waals surface area contributed by atoms with Gasteiger partial charge in [0, 0.05) is 11.1 Å². The summed E-state index contributed by atoms with van der Waals surface area (Å²) in [5, 5.41) is 0.870. The van der Waals surface area contributed by atoms with Gasteiger partial charge in [-0.25, -0.2) is 9.78 Å². The summed E-state index contributed by atoms with van der Waals surface area (Å²) in [5.74, 6) is 0.845. The van der Waals surface area contributed by atoms with Crippen LogP contribution in [0.1, 0.15) is 53.9 Å². The lowest BCUT2D eigenvalue weighted by molar-refractivity contribution is 0.0734. The molecule has 1 aromatic heterocycles. The Hall–Kier alpha value is -4.02. The summed E-state index contributed by atoms with van der Waals surface area (Å²) in [6, 6.07) is 36.2. The van der Waals surface area contributed by atoms with E-state index in [-0.39, 0.29) is 5.97 Å². The Morgan fingerprint density at radius 2 is 1.37 bits per heavy atom. The van der Waals surface area contributed by atoms with Crippen molar-refractivity contribution < 1.29 is 9.53 Å². The number of rotatable bonds is 6. The third-order valence-electron chi connectivity index (χ3n) is 7.22. The highest BCUT2D eigenvalue weighted by Crippen LogP contribution is 2.40. The van der Waals surface area contributed by atoms with E-state index in [1.165, 1.54) is 37.7 Å². The van der Waals surface area contributed by atoms with Crippen LogP contribution >= 0.6 is 11.3 Å². The summed E-state index contributed by atoms with van der Waals surface area (Å²) < 4.78 is 5.75. The van der Waals surface area contributed by atoms with E-state index in [1.807, 2.05) is 66.7 Å². The Morgan fingerprint density at radius 3 is 2.08 bits per heavy atom. The molecule has 0 aliphatic heterocycles. The van der Waals surface area contributed by atoms with Gasteiger partial charge in [-0.05, 0) is 54.2 Å². The maximum absolute atomic E-state index is 13.1. The molecule has 6 rings (SSSR count). The van der Waals surface area contributed by atoms with Gasteiger partial charge in [0.15, 0.2) is 0 Å². The highest BCUT2D eigenvalue weighted by atomic mass is 32.1. The van der Waals surface area contributed by atoms with E-state index in [9.17, 15) is 4.79 Å². The first-order valence-corrected chi connectivity index (χ1v) is 14.1. The maximum Gasteiger partial charge on any atom is 0.343 e. The molecule has 1 saturated carbocycles. The van der Waals surface area contributed by atoms with Gasteiger partial charge in [-0.2, -0.15) is 0 Å². The highest BCUT2D eigenvalue weighted by molar-refractivity contribution is 7.19. The first kappa shape index (κ1) is 24.3. The second-order valence-corrected chi connectivity index (χ2v) is 10.8. The summed E-state index contributed by atoms with van der Waals surface area (Å²) in [6.07, 6.45) is 6.45. The van der Waals surface area contributed by atoms with Crippen LogP contribution in [0.4, 0.5) is 0 Å². The predicted molar refractivity (Wildman–Crippen MR) is 156 cm³/mol. The number of carbonyl (C=O) groups excluding carboxylic acids is 1. The molecule has 0 unspecified atom stereocenters. The summed E-state index contributed by atoms with van der Waals surface area (Å²) >= 11 is 1.64. The zero-order chi connectivity index (χ0) is 25.7. The Labute approximate surface area is 227 Å². The average Bonchev–Trinajstić information content (AvgIpc) is 3.45. The van der Waals surface area contributed by atoms with Crippen LogP contribution in [0.15, 0.2) is 109 Å². The van der Waals surface area contributed by atoms with Gasteiger partial charge in [0.1, 0.15) is 10.8 Å². The van der Waals surface area contributed by atoms with E-state index in [2.05, 4.69) is 36.4 Å². The molecule has 4 aromatic carbocycles. The number of thiazole rings is 1. The molecule has 3 nitrogen and oxygen atoms in total. The van der Waals surface area contributed by atoms with Gasteiger partial charge in [0.25, 0.3) is 0 Å². The van der Waals surface area contributed by atoms with Crippen LogP contribution in [0.5, 0.6) is 5.75 Å². The standard InChI is InChI=1S/C34H29NO2S/c36-34(37-30-21-19-25(20-22-30)24-11-4-1-5-12-24)29-18-10-17-28(23-29)33-35-31(26-13-6-2-7-14-26)32(38-33)27-15-8-3-9-16-27/h2-3,6-10,13-24H,1,4-5,11-12H2. The molecular formula is C34H29NO2S. The quantitative estimate of drug-likeness (QED) is 0.167. The van der Waals surface area contributed by atoms with Gasteiger partial charge in [0.05, 0.1) is 16.1 Å². The molecule has 1 aliphatic rings. The second kappa shape index (κ2) is 11.2. The number of hydrogen-bond donors (Lipinski definition) is 0. The van der Waals surface area contributed by atoms with Crippen molar-refractivity contribution in [1.82, 2.24) is 4.98 Å². The topological polar surface area (TPSA) is 39.2 Å². The molecule has 188 valence electrons. The molecule has 0 N–H and O–H groups in total. The summed E-state index contributed by atoms with van der Waals surface area (Å²) in [6.45, 7) is 0. The van der Waals surface area contributed by atoms with Crippen molar-refractivity contribution in [3.8, 4) is 38.0 Å². The lowest BCUT2D eigenvalue weighted by Gasteiger charge is -2.22. The minimum atomic E-state index is -0.361. The molecular weight excluding hydrogens is 486 g/mol. The molecule has 0 radical (unpaired) electrons. The van der Waals surface area contributed by atoms with E-state index < -0.39 is 0 Å². The predicted octanol–water partition coefficient (Wildman–Crippen LogP) is 9.41. The van der Waals surface area contributed by atoms with E-state index >= 15 is 0 Å². The van der Waals surface area contributed by atoms with Gasteiger partial charge < -0.3 is 4.74 Å². The van der Waals surface area contributed by atoms with Crippen molar-refractivity contribution in [1.29, 1.82) is 0 Å². The molecule has 5 aromatic rings. The molecule has 0 amide bonds. The molecule has 1 fully saturated rings. The first-order chi connectivity index (χ1) is 18.7. The third kappa shape index (κ3) is 5.32. The lowest BCUT2D eigenvalue weighted by atomic mass is 9.84. The van der Waals surface area contributed by atoms with Gasteiger partial charge >= 0.3 is 5.97 Å². The minimum absolute atomic E-state index is 0.361. The molecule has 0 saturated heterocycles. The van der Waals surface area contributed by atoms with Crippen LogP contribution in [-0.2, 0) is 0 Å². The maximum atomic E-state index is 13.1. The Morgan fingerprint density at radius 1 is 0.711 bits per heavy atom. The van der Waals surface area contributed by atoms with Crippen LogP contribution in [0.25, 0.3) is 32.3 Å². The number of nitrogens with zero attached hydrogens (tertiary/aromatic N) is 1. The number of carbonyl (C=O) groups is 1. The molecule has 4 heteroatoms. The molecule has 0 bridgehead atoms. The fourth-order valence-electron chi connectivity index (χ4n) is 5.21. The Kier molecular flexibility index (Phi) is 7.14. The minimum Gasteiger partial charge on any atom is -0.423 e. The van der Waals surface area contributed by atoms with Crippen molar-refractivity contribution in [2.45, 2.75) is 38.0 Å². The normalized spacial score (nSPS) is 13.8. The van der Waals surface area contributed by atoms with E-state index in [4.69, 9.17) is 9.72 Å². The first-order valence-electron chi connectivity index (χ1n) is 13.3. The van der Waals surface area contributed by atoms with Crippen LogP contribution in [-0.4, -0.2) is 11.0 Å². The Bertz CT molecular complexity index is 1460. The molecule has 1 heterocycles. The van der Waals surface area contributed by atoms with Crippen molar-refractivity contribution in [3.05, 3.63) is 120 Å².